The lowest BCUT2D eigenvalue weighted by molar-refractivity contribution is -0.120. The van der Waals surface area contributed by atoms with Crippen LogP contribution in [0.2, 0.25) is 5.02 Å². The number of carbonyl (C=O) groups excluding carboxylic acids is 2. The van der Waals surface area contributed by atoms with Crippen LogP contribution in [0.15, 0.2) is 72.8 Å². The number of phenolic OH excluding ortho intramolecular Hbond substituents is 1. The zero-order valence-electron chi connectivity index (χ0n) is 25.3. The summed E-state index contributed by atoms with van der Waals surface area (Å²) in [5, 5.41) is 16.4. The van der Waals surface area contributed by atoms with Gasteiger partial charge in [0.05, 0.1) is 22.0 Å². The van der Waals surface area contributed by atoms with Crippen molar-refractivity contribution in [2.45, 2.75) is 72.1 Å². The Morgan fingerprint density at radius 3 is 2.26 bits per heavy atom. The van der Waals surface area contributed by atoms with E-state index < -0.39 is 5.91 Å². The van der Waals surface area contributed by atoms with Crippen molar-refractivity contribution in [1.29, 1.82) is 0 Å². The van der Waals surface area contributed by atoms with Crippen LogP contribution < -0.4 is 15.2 Å². The number of halogens is 1. The first-order chi connectivity index (χ1) is 19.8. The molecular weight excluding hydrogens is 548 g/mol. The molecule has 0 spiro atoms. The van der Waals surface area contributed by atoms with Crippen molar-refractivity contribution in [3.63, 3.8) is 0 Å². The molecular formula is C35H39ClN2O4. The standard InChI is InChI=1S/C35H39ClN2O4/c1-8-34(4,5)24-15-19-31(28(20-24)35(6,7)9-2)42-38(22(3)39)25-16-18-29(36)30(21-25)37-33(41)27-17-14-23-12-10-11-13-26(23)32(27)40/h10-21,40H,8-9H2,1-7H3,(H,37,41). The predicted octanol–water partition coefficient (Wildman–Crippen LogP) is 9.17. The zero-order chi connectivity index (χ0) is 30.8. The summed E-state index contributed by atoms with van der Waals surface area (Å²) in [6.07, 6.45) is 1.85. The molecule has 0 saturated carbocycles. The topological polar surface area (TPSA) is 78.9 Å². The van der Waals surface area contributed by atoms with Gasteiger partial charge in [-0.1, -0.05) is 95.6 Å². The maximum Gasteiger partial charge on any atom is 0.259 e. The molecule has 0 radical (unpaired) electrons. The van der Waals surface area contributed by atoms with Crippen LogP contribution in [0.3, 0.4) is 0 Å². The first-order valence-corrected chi connectivity index (χ1v) is 14.6. The minimum Gasteiger partial charge on any atom is -0.506 e. The van der Waals surface area contributed by atoms with Crippen molar-refractivity contribution in [3.8, 4) is 11.5 Å². The Bertz CT molecular complexity index is 1640. The molecule has 4 aromatic carbocycles. The first kappa shape index (κ1) is 30.9. The molecule has 4 rings (SSSR count). The third-order valence-corrected chi connectivity index (χ3v) is 8.64. The fourth-order valence-corrected chi connectivity index (χ4v) is 4.88. The summed E-state index contributed by atoms with van der Waals surface area (Å²) < 4.78 is 0. The van der Waals surface area contributed by atoms with Crippen LogP contribution in [0, 0.1) is 0 Å². The van der Waals surface area contributed by atoms with Crippen LogP contribution >= 0.6 is 11.6 Å². The van der Waals surface area contributed by atoms with Crippen molar-refractivity contribution < 1.29 is 19.5 Å². The second kappa shape index (κ2) is 12.1. The molecule has 0 saturated heterocycles. The van der Waals surface area contributed by atoms with Crippen LogP contribution in [0.1, 0.15) is 82.8 Å². The zero-order valence-corrected chi connectivity index (χ0v) is 26.1. The summed E-state index contributed by atoms with van der Waals surface area (Å²) in [7, 11) is 0. The quantitative estimate of drug-likeness (QED) is 0.192. The van der Waals surface area contributed by atoms with Gasteiger partial charge < -0.3 is 15.3 Å². The van der Waals surface area contributed by atoms with Crippen LogP contribution in [0.4, 0.5) is 11.4 Å². The highest BCUT2D eigenvalue weighted by Crippen LogP contribution is 2.40. The van der Waals surface area contributed by atoms with Crippen LogP contribution in [-0.2, 0) is 15.6 Å². The third kappa shape index (κ3) is 6.24. The van der Waals surface area contributed by atoms with E-state index in [1.54, 1.807) is 42.5 Å². The molecule has 0 fully saturated rings. The maximum atomic E-state index is 13.2. The Balaban J connectivity index is 1.69. The minimum absolute atomic E-state index is 0.0138. The van der Waals surface area contributed by atoms with Crippen LogP contribution in [0.25, 0.3) is 10.8 Å². The normalized spacial score (nSPS) is 11.8. The number of nitrogens with zero attached hydrogens (tertiary/aromatic N) is 1. The molecule has 6 nitrogen and oxygen atoms in total. The second-order valence-corrected chi connectivity index (χ2v) is 12.3. The van der Waals surface area contributed by atoms with E-state index in [1.165, 1.54) is 17.6 Å². The second-order valence-electron chi connectivity index (χ2n) is 11.9. The molecule has 220 valence electrons. The number of benzene rings is 4. The Morgan fingerprint density at radius 2 is 1.60 bits per heavy atom. The van der Waals surface area contributed by atoms with Gasteiger partial charge in [0, 0.05) is 17.9 Å². The van der Waals surface area contributed by atoms with Gasteiger partial charge in [0.25, 0.3) is 11.8 Å². The summed E-state index contributed by atoms with van der Waals surface area (Å²) in [6.45, 7) is 14.5. The molecule has 0 aliphatic heterocycles. The van der Waals surface area contributed by atoms with Gasteiger partial charge in [-0.3, -0.25) is 9.59 Å². The number of carbonyl (C=O) groups is 2. The molecule has 0 aliphatic carbocycles. The highest BCUT2D eigenvalue weighted by Gasteiger charge is 2.29. The largest absolute Gasteiger partial charge is 0.506 e. The average Bonchev–Trinajstić information content (AvgIpc) is 2.97. The Morgan fingerprint density at radius 1 is 0.905 bits per heavy atom. The molecule has 2 N–H and O–H groups in total. The summed E-state index contributed by atoms with van der Waals surface area (Å²) in [6, 6.07) is 21.6. The molecule has 0 atom stereocenters. The van der Waals surface area contributed by atoms with Crippen molar-refractivity contribution in [2.75, 3.05) is 10.4 Å². The Kier molecular flexibility index (Phi) is 8.88. The number of amides is 2. The van der Waals surface area contributed by atoms with Gasteiger partial charge in [-0.15, -0.1) is 5.06 Å². The first-order valence-electron chi connectivity index (χ1n) is 14.2. The molecule has 0 bridgehead atoms. The molecule has 7 heteroatoms. The number of aromatic hydroxyl groups is 1. The molecule has 0 heterocycles. The van der Waals surface area contributed by atoms with E-state index >= 15 is 0 Å². The van der Waals surface area contributed by atoms with Crippen LogP contribution in [0.5, 0.6) is 11.5 Å². The SMILES string of the molecule is CCC(C)(C)c1ccc(ON(C(C)=O)c2ccc(Cl)c(NC(=O)c3ccc4ccccc4c3O)c2)c(C(C)(C)CC)c1. The minimum atomic E-state index is -0.534. The number of anilines is 2. The average molecular weight is 587 g/mol. The van der Waals surface area contributed by atoms with Gasteiger partial charge in [-0.05, 0) is 65.0 Å². The molecule has 2 amide bonds. The molecule has 42 heavy (non-hydrogen) atoms. The van der Waals surface area contributed by atoms with E-state index in [0.29, 0.717) is 16.8 Å². The summed E-state index contributed by atoms with van der Waals surface area (Å²) in [5.41, 5.74) is 2.76. The summed E-state index contributed by atoms with van der Waals surface area (Å²) >= 11 is 6.46. The van der Waals surface area contributed by atoms with E-state index in [4.69, 9.17) is 16.4 Å². The van der Waals surface area contributed by atoms with E-state index in [0.717, 1.165) is 23.8 Å². The molecule has 4 aromatic rings. The number of nitrogens with one attached hydrogen (secondary N) is 1. The fraction of sp³-hybridized carbons (Fsp3) is 0.314. The van der Waals surface area contributed by atoms with E-state index in [9.17, 15) is 14.7 Å². The van der Waals surface area contributed by atoms with Gasteiger partial charge >= 0.3 is 0 Å². The Labute approximate surface area is 253 Å². The molecule has 0 aromatic heterocycles. The predicted molar refractivity (Wildman–Crippen MR) is 172 cm³/mol. The maximum absolute atomic E-state index is 13.2. The number of hydroxylamine groups is 1. The van der Waals surface area contributed by atoms with Crippen molar-refractivity contribution in [3.05, 3.63) is 94.5 Å². The number of fused-ring (bicyclic) bond motifs is 1. The van der Waals surface area contributed by atoms with Gasteiger partial charge in [-0.2, -0.15) is 0 Å². The van der Waals surface area contributed by atoms with E-state index in [2.05, 4.69) is 59.0 Å². The van der Waals surface area contributed by atoms with Crippen molar-refractivity contribution in [1.82, 2.24) is 0 Å². The summed E-state index contributed by atoms with van der Waals surface area (Å²) in [4.78, 5) is 32.5. The highest BCUT2D eigenvalue weighted by molar-refractivity contribution is 6.34. The molecule has 0 aliphatic rings. The number of rotatable bonds is 9. The van der Waals surface area contributed by atoms with Crippen molar-refractivity contribution in [2.24, 2.45) is 0 Å². The van der Waals surface area contributed by atoms with Gasteiger partial charge in [0.15, 0.2) is 5.75 Å². The van der Waals surface area contributed by atoms with Crippen molar-refractivity contribution >= 4 is 45.6 Å². The lowest BCUT2D eigenvalue weighted by Crippen LogP contribution is -2.33. The fourth-order valence-electron chi connectivity index (χ4n) is 4.71. The monoisotopic (exact) mass is 586 g/mol. The number of phenols is 1. The van der Waals surface area contributed by atoms with Crippen LogP contribution in [-0.4, -0.2) is 16.9 Å². The lowest BCUT2D eigenvalue weighted by Gasteiger charge is -2.32. The third-order valence-electron chi connectivity index (χ3n) is 8.31. The summed E-state index contributed by atoms with van der Waals surface area (Å²) in [5.74, 6) is -0.421. The van der Waals surface area contributed by atoms with E-state index in [-0.39, 0.29) is 38.8 Å². The Hall–Kier alpha value is -4.03. The van der Waals surface area contributed by atoms with Gasteiger partial charge in [0.2, 0.25) is 0 Å². The number of hydrogen-bond donors (Lipinski definition) is 2. The van der Waals surface area contributed by atoms with Gasteiger partial charge in [0.1, 0.15) is 5.75 Å². The smallest absolute Gasteiger partial charge is 0.259 e. The van der Waals surface area contributed by atoms with Gasteiger partial charge in [-0.25, -0.2) is 0 Å². The highest BCUT2D eigenvalue weighted by atomic mass is 35.5. The number of hydrogen-bond acceptors (Lipinski definition) is 4. The van der Waals surface area contributed by atoms with E-state index in [1.807, 2.05) is 18.2 Å². The molecule has 0 unspecified atom stereocenters. The lowest BCUT2D eigenvalue weighted by atomic mass is 9.76.